The molecule has 0 saturated heterocycles. The van der Waals surface area contributed by atoms with Gasteiger partial charge in [-0.15, -0.1) is 0 Å². The van der Waals surface area contributed by atoms with Gasteiger partial charge in [0.25, 0.3) is 5.91 Å². The Balaban J connectivity index is 1.84. The number of hydrogen-bond acceptors (Lipinski definition) is 4. The normalized spacial score (nSPS) is 11.6. The van der Waals surface area contributed by atoms with Gasteiger partial charge in [0.05, 0.1) is 11.2 Å². The van der Waals surface area contributed by atoms with Gasteiger partial charge in [-0.1, -0.05) is 32.0 Å². The quantitative estimate of drug-likeness (QED) is 0.597. The molecule has 7 nitrogen and oxygen atoms in total. The summed E-state index contributed by atoms with van der Waals surface area (Å²) < 4.78 is 29.0. The fourth-order valence-corrected chi connectivity index (χ4v) is 4.74. The van der Waals surface area contributed by atoms with Crippen LogP contribution in [0.2, 0.25) is 0 Å². The van der Waals surface area contributed by atoms with Crippen molar-refractivity contribution in [3.05, 3.63) is 77.9 Å². The number of anilines is 1. The lowest BCUT2D eigenvalue weighted by Gasteiger charge is -2.19. The number of nitrogens with zero attached hydrogens (tertiary/aromatic N) is 3. The van der Waals surface area contributed by atoms with Crippen molar-refractivity contribution in [2.24, 2.45) is 0 Å². The van der Waals surface area contributed by atoms with Crippen molar-refractivity contribution in [1.29, 1.82) is 0 Å². The minimum atomic E-state index is -3.64. The molecule has 0 spiro atoms. The van der Waals surface area contributed by atoms with Crippen LogP contribution in [0.5, 0.6) is 0 Å². The molecule has 0 unspecified atom stereocenters. The van der Waals surface area contributed by atoms with Crippen LogP contribution in [0, 0.1) is 6.92 Å². The highest BCUT2D eigenvalue weighted by molar-refractivity contribution is 7.89. The molecule has 1 heterocycles. The number of sulfonamides is 1. The van der Waals surface area contributed by atoms with Crippen molar-refractivity contribution in [3.63, 3.8) is 0 Å². The van der Waals surface area contributed by atoms with E-state index in [0.29, 0.717) is 36.4 Å². The van der Waals surface area contributed by atoms with Crippen molar-refractivity contribution >= 4 is 21.6 Å². The Morgan fingerprint density at radius 2 is 1.90 bits per heavy atom. The lowest BCUT2D eigenvalue weighted by Crippen LogP contribution is -2.30. The average Bonchev–Trinajstić information content (AvgIpc) is 3.22. The van der Waals surface area contributed by atoms with Gasteiger partial charge in [-0.05, 0) is 42.3 Å². The van der Waals surface area contributed by atoms with E-state index in [1.807, 2.05) is 29.0 Å². The first-order chi connectivity index (χ1) is 14.3. The molecule has 30 heavy (non-hydrogen) atoms. The summed E-state index contributed by atoms with van der Waals surface area (Å²) in [6.45, 7) is 6.76. The third-order valence-corrected chi connectivity index (χ3v) is 6.95. The number of carbonyl (C=O) groups excluding carboxylic acids is 1. The van der Waals surface area contributed by atoms with E-state index in [9.17, 15) is 13.2 Å². The SMILES string of the molecule is CCN(CC)S(=O)(=O)c1ccc(C)c(C(=O)Nc2cccc(Cn3ccnc3)c2)c1. The monoisotopic (exact) mass is 426 g/mol. The minimum absolute atomic E-state index is 0.121. The molecule has 0 aliphatic carbocycles. The van der Waals surface area contributed by atoms with Gasteiger partial charge in [0.2, 0.25) is 10.0 Å². The third-order valence-electron chi connectivity index (χ3n) is 4.91. The van der Waals surface area contributed by atoms with E-state index >= 15 is 0 Å². The zero-order chi connectivity index (χ0) is 21.7. The van der Waals surface area contributed by atoms with Gasteiger partial charge in [0.15, 0.2) is 0 Å². The van der Waals surface area contributed by atoms with Crippen molar-refractivity contribution < 1.29 is 13.2 Å². The molecule has 1 N–H and O–H groups in total. The molecule has 0 atom stereocenters. The second kappa shape index (κ2) is 9.23. The summed E-state index contributed by atoms with van der Waals surface area (Å²) in [6.07, 6.45) is 5.32. The minimum Gasteiger partial charge on any atom is -0.333 e. The number of nitrogens with one attached hydrogen (secondary N) is 1. The van der Waals surface area contributed by atoms with Gasteiger partial charge in [-0.3, -0.25) is 4.79 Å². The first kappa shape index (κ1) is 21.7. The van der Waals surface area contributed by atoms with E-state index in [1.165, 1.54) is 10.4 Å². The molecule has 8 heteroatoms. The molecule has 0 fully saturated rings. The third kappa shape index (κ3) is 4.77. The number of aryl methyl sites for hydroxylation is 1. The highest BCUT2D eigenvalue weighted by atomic mass is 32.2. The Morgan fingerprint density at radius 3 is 2.57 bits per heavy atom. The Hall–Kier alpha value is -2.97. The fraction of sp³-hybridized carbons (Fsp3) is 0.273. The summed E-state index contributed by atoms with van der Waals surface area (Å²) in [5.74, 6) is -0.344. The molecule has 1 aromatic heterocycles. The lowest BCUT2D eigenvalue weighted by molar-refractivity contribution is 0.102. The van der Waals surface area contributed by atoms with E-state index in [2.05, 4.69) is 10.3 Å². The van der Waals surface area contributed by atoms with E-state index in [1.54, 1.807) is 51.5 Å². The van der Waals surface area contributed by atoms with Crippen molar-refractivity contribution in [1.82, 2.24) is 13.9 Å². The van der Waals surface area contributed by atoms with Crippen molar-refractivity contribution in [2.45, 2.75) is 32.2 Å². The summed E-state index contributed by atoms with van der Waals surface area (Å²) in [7, 11) is -3.64. The summed E-state index contributed by atoms with van der Waals surface area (Å²) in [4.78, 5) is 17.1. The van der Waals surface area contributed by atoms with Crippen LogP contribution in [-0.4, -0.2) is 41.3 Å². The van der Waals surface area contributed by atoms with Gasteiger partial charge in [0.1, 0.15) is 0 Å². The average molecular weight is 427 g/mol. The number of carbonyl (C=O) groups is 1. The van der Waals surface area contributed by atoms with Crippen LogP contribution in [0.4, 0.5) is 5.69 Å². The maximum atomic E-state index is 12.9. The lowest BCUT2D eigenvalue weighted by atomic mass is 10.1. The van der Waals surface area contributed by atoms with E-state index < -0.39 is 10.0 Å². The molecule has 3 rings (SSSR count). The maximum Gasteiger partial charge on any atom is 0.255 e. The molecule has 0 bridgehead atoms. The van der Waals surface area contributed by atoms with Gasteiger partial charge in [-0.25, -0.2) is 13.4 Å². The van der Waals surface area contributed by atoms with E-state index in [-0.39, 0.29) is 10.8 Å². The highest BCUT2D eigenvalue weighted by Gasteiger charge is 2.23. The van der Waals surface area contributed by atoms with Gasteiger partial charge < -0.3 is 9.88 Å². The molecular formula is C22H26N4O3S. The van der Waals surface area contributed by atoms with Crippen LogP contribution in [0.15, 0.2) is 66.1 Å². The largest absolute Gasteiger partial charge is 0.333 e. The van der Waals surface area contributed by atoms with Gasteiger partial charge >= 0.3 is 0 Å². The molecule has 0 saturated carbocycles. The number of rotatable bonds is 8. The Kier molecular flexibility index (Phi) is 6.69. The first-order valence-electron chi connectivity index (χ1n) is 9.82. The Bertz CT molecular complexity index is 1120. The number of hydrogen-bond donors (Lipinski definition) is 1. The maximum absolute atomic E-state index is 12.9. The van der Waals surface area contributed by atoms with Crippen LogP contribution in [0.25, 0.3) is 0 Å². The van der Waals surface area contributed by atoms with Crippen LogP contribution in [0.1, 0.15) is 35.3 Å². The zero-order valence-corrected chi connectivity index (χ0v) is 18.2. The fourth-order valence-electron chi connectivity index (χ4n) is 3.26. The first-order valence-corrected chi connectivity index (χ1v) is 11.3. The van der Waals surface area contributed by atoms with Crippen LogP contribution in [0.3, 0.4) is 0 Å². The molecule has 2 aromatic carbocycles. The topological polar surface area (TPSA) is 84.3 Å². The molecule has 3 aromatic rings. The molecule has 1 amide bonds. The Morgan fingerprint density at radius 1 is 1.13 bits per heavy atom. The summed E-state index contributed by atoms with van der Waals surface area (Å²) >= 11 is 0. The summed E-state index contributed by atoms with van der Waals surface area (Å²) in [5.41, 5.74) is 2.71. The van der Waals surface area contributed by atoms with E-state index in [4.69, 9.17) is 0 Å². The van der Waals surface area contributed by atoms with Crippen LogP contribution >= 0.6 is 0 Å². The second-order valence-electron chi connectivity index (χ2n) is 6.96. The summed E-state index contributed by atoms with van der Waals surface area (Å²) in [5, 5.41) is 2.88. The predicted molar refractivity (Wildman–Crippen MR) is 117 cm³/mol. The number of benzene rings is 2. The molecule has 0 aliphatic rings. The van der Waals surface area contributed by atoms with Crippen LogP contribution < -0.4 is 5.32 Å². The standard InChI is InChI=1S/C22H26N4O3S/c1-4-26(5-2)30(28,29)20-10-9-17(3)21(14-20)22(27)24-19-8-6-7-18(13-19)15-25-12-11-23-16-25/h6-14,16H,4-5,15H2,1-3H3,(H,24,27). The van der Waals surface area contributed by atoms with Crippen molar-refractivity contribution in [2.75, 3.05) is 18.4 Å². The van der Waals surface area contributed by atoms with Crippen molar-refractivity contribution in [3.8, 4) is 0 Å². The van der Waals surface area contributed by atoms with Crippen LogP contribution in [-0.2, 0) is 16.6 Å². The second-order valence-corrected chi connectivity index (χ2v) is 8.89. The zero-order valence-electron chi connectivity index (χ0n) is 17.4. The predicted octanol–water partition coefficient (Wildman–Crippen LogP) is 3.52. The highest BCUT2D eigenvalue weighted by Crippen LogP contribution is 2.21. The number of amides is 1. The number of imidazole rings is 1. The molecule has 0 radical (unpaired) electrons. The van der Waals surface area contributed by atoms with E-state index in [0.717, 1.165) is 5.56 Å². The Labute approximate surface area is 177 Å². The number of aromatic nitrogens is 2. The smallest absolute Gasteiger partial charge is 0.255 e. The molecule has 158 valence electrons. The molecular weight excluding hydrogens is 400 g/mol. The van der Waals surface area contributed by atoms with Gasteiger partial charge in [-0.2, -0.15) is 4.31 Å². The molecule has 0 aliphatic heterocycles. The van der Waals surface area contributed by atoms with Gasteiger partial charge in [0, 0.05) is 43.3 Å². The summed E-state index contributed by atoms with van der Waals surface area (Å²) in [6, 6.07) is 12.2.